The van der Waals surface area contributed by atoms with Crippen molar-refractivity contribution in [3.63, 3.8) is 0 Å². The topological polar surface area (TPSA) is 152 Å². The van der Waals surface area contributed by atoms with Crippen molar-refractivity contribution in [2.45, 2.75) is 52.0 Å². The zero-order valence-electron chi connectivity index (χ0n) is 23.5. The summed E-state index contributed by atoms with van der Waals surface area (Å²) in [5.74, 6) is 4.66. The molecule has 0 fully saturated rings. The Morgan fingerprint density at radius 1 is 1.23 bits per heavy atom. The van der Waals surface area contributed by atoms with Gasteiger partial charge in [0.2, 0.25) is 15.9 Å². The number of hydrogen-bond acceptors (Lipinski definition) is 8. The quantitative estimate of drug-likeness (QED) is 0.210. The first kappa shape index (κ1) is 29.3. The summed E-state index contributed by atoms with van der Waals surface area (Å²) >= 11 is 0. The number of nitrogen functional groups attached to an aromatic ring is 1. The zero-order valence-corrected chi connectivity index (χ0v) is 24.3. The van der Waals surface area contributed by atoms with Gasteiger partial charge < -0.3 is 20.6 Å². The molecule has 2 heterocycles. The number of sulfonamides is 1. The Labute approximate surface area is 235 Å². The lowest BCUT2D eigenvalue weighted by Gasteiger charge is -2.34. The molecule has 1 unspecified atom stereocenters. The number of carboxylic acids is 1. The Bertz CT molecular complexity index is 1540. The summed E-state index contributed by atoms with van der Waals surface area (Å²) in [5.41, 5.74) is 10.4. The third-order valence-electron chi connectivity index (χ3n) is 7.75. The third-order valence-corrected chi connectivity index (χ3v) is 9.61. The molecule has 1 atom stereocenters. The van der Waals surface area contributed by atoms with Gasteiger partial charge in [0.1, 0.15) is 11.5 Å². The molecule has 10 nitrogen and oxygen atoms in total. The Kier molecular flexibility index (Phi) is 8.11. The van der Waals surface area contributed by atoms with Crippen LogP contribution in [0.15, 0.2) is 53.6 Å². The fourth-order valence-electron chi connectivity index (χ4n) is 5.15. The normalized spacial score (nSPS) is 15.9. The van der Waals surface area contributed by atoms with Gasteiger partial charge in [-0.1, -0.05) is 24.3 Å². The molecule has 0 saturated carbocycles. The van der Waals surface area contributed by atoms with Gasteiger partial charge in [0.25, 0.3) is 0 Å². The Morgan fingerprint density at radius 2 is 1.95 bits per heavy atom. The second-order valence-electron chi connectivity index (χ2n) is 10.6. The maximum absolute atomic E-state index is 13.5. The number of nitrogens with two attached hydrogens (primary N) is 2. The minimum Gasteiger partial charge on any atom is -0.481 e. The van der Waals surface area contributed by atoms with Crippen LogP contribution in [0.5, 0.6) is 5.88 Å². The van der Waals surface area contributed by atoms with Crippen LogP contribution in [0.25, 0.3) is 0 Å². The maximum Gasteiger partial charge on any atom is 0.310 e. The molecule has 1 aromatic heterocycles. The summed E-state index contributed by atoms with van der Waals surface area (Å²) in [4.78, 5) is 16.7. The molecule has 0 bridgehead atoms. The Morgan fingerprint density at radius 3 is 2.62 bits per heavy atom. The smallest absolute Gasteiger partial charge is 0.310 e. The van der Waals surface area contributed by atoms with Crippen LogP contribution in [0.4, 0.5) is 11.4 Å². The average Bonchev–Trinajstić information content (AvgIpc) is 3.03. The summed E-state index contributed by atoms with van der Waals surface area (Å²) in [7, 11) is -3.87. The lowest BCUT2D eigenvalue weighted by Crippen LogP contribution is -2.34. The molecular weight excluding hydrogens is 530 g/mol. The summed E-state index contributed by atoms with van der Waals surface area (Å²) in [5, 5.41) is 11.8. The van der Waals surface area contributed by atoms with Crippen LogP contribution in [-0.4, -0.2) is 48.5 Å². The van der Waals surface area contributed by atoms with Crippen molar-refractivity contribution in [1.82, 2.24) is 9.29 Å². The van der Waals surface area contributed by atoms with Gasteiger partial charge in [-0.25, -0.2) is 19.2 Å². The molecule has 0 aliphatic carbocycles. The van der Waals surface area contributed by atoms with E-state index in [9.17, 15) is 18.3 Å². The molecule has 1 aliphatic heterocycles. The molecule has 0 saturated heterocycles. The van der Waals surface area contributed by atoms with E-state index >= 15 is 0 Å². The molecule has 11 heteroatoms. The van der Waals surface area contributed by atoms with Gasteiger partial charge in [-0.05, 0) is 80.6 Å². The van der Waals surface area contributed by atoms with Crippen LogP contribution in [0.3, 0.4) is 0 Å². The Hall–Kier alpha value is -3.67. The highest BCUT2D eigenvalue weighted by molar-refractivity contribution is 7.89. The monoisotopic (exact) mass is 567 g/mol. The van der Waals surface area contributed by atoms with Crippen LogP contribution in [0.1, 0.15) is 54.5 Å². The number of carboxylic acid groups (broad SMARTS) is 1. The number of ether oxygens (including phenoxy) is 1. The highest BCUT2D eigenvalue weighted by Crippen LogP contribution is 2.45. The number of fused-ring (bicyclic) bond motifs is 1. The molecule has 0 radical (unpaired) electrons. The fourth-order valence-corrected chi connectivity index (χ4v) is 6.64. The number of hydrazine groups is 1. The molecule has 40 heavy (non-hydrogen) atoms. The molecule has 5 N–H and O–H groups in total. The van der Waals surface area contributed by atoms with E-state index in [0.29, 0.717) is 17.9 Å². The molecule has 0 spiro atoms. The van der Waals surface area contributed by atoms with Gasteiger partial charge in [-0.3, -0.25) is 4.79 Å². The van der Waals surface area contributed by atoms with Crippen molar-refractivity contribution >= 4 is 27.4 Å². The number of aryl methyl sites for hydroxylation is 1. The zero-order chi connectivity index (χ0) is 29.4. The largest absolute Gasteiger partial charge is 0.481 e. The number of aromatic nitrogens is 1. The van der Waals surface area contributed by atoms with Crippen LogP contribution in [-0.2, 0) is 21.4 Å². The lowest BCUT2D eigenvalue weighted by atomic mass is 9.69. The second-order valence-corrected chi connectivity index (χ2v) is 12.5. The molecular formula is C29H37N5O5S. The van der Waals surface area contributed by atoms with Gasteiger partial charge in [-0.15, -0.1) is 0 Å². The van der Waals surface area contributed by atoms with E-state index in [1.807, 2.05) is 51.1 Å². The number of benzene rings is 2. The van der Waals surface area contributed by atoms with E-state index in [2.05, 4.69) is 4.98 Å². The summed E-state index contributed by atoms with van der Waals surface area (Å²) in [6.45, 7) is 10.0. The number of hydrogen-bond donors (Lipinski definition) is 3. The first-order valence-electron chi connectivity index (χ1n) is 13.1. The van der Waals surface area contributed by atoms with E-state index in [-0.39, 0.29) is 30.5 Å². The highest BCUT2D eigenvalue weighted by Gasteiger charge is 2.40. The van der Waals surface area contributed by atoms with E-state index in [0.717, 1.165) is 27.8 Å². The first-order valence-corrected chi connectivity index (χ1v) is 14.6. The number of anilines is 2. The maximum atomic E-state index is 13.5. The van der Waals surface area contributed by atoms with Crippen LogP contribution in [0, 0.1) is 19.3 Å². The molecule has 214 valence electrons. The van der Waals surface area contributed by atoms with E-state index in [1.54, 1.807) is 24.9 Å². The van der Waals surface area contributed by atoms with Gasteiger partial charge in [0.05, 0.1) is 16.8 Å². The van der Waals surface area contributed by atoms with E-state index < -0.39 is 27.3 Å². The average molecular weight is 568 g/mol. The van der Waals surface area contributed by atoms with Crippen molar-refractivity contribution in [1.29, 1.82) is 0 Å². The summed E-state index contributed by atoms with van der Waals surface area (Å²) < 4.78 is 34.0. The van der Waals surface area contributed by atoms with Gasteiger partial charge in [0, 0.05) is 31.7 Å². The highest BCUT2D eigenvalue weighted by atomic mass is 32.2. The van der Waals surface area contributed by atoms with E-state index in [1.165, 1.54) is 16.6 Å². The van der Waals surface area contributed by atoms with Crippen LogP contribution < -0.4 is 21.3 Å². The standard InChI is InChI=1S/C29H37N5O5S/c1-6-34(31)23-12-11-22(19(3)26(23)30)25(29(4,5)28(35)36)20-10-9-18(2)21(16-20)17-33-14-15-39-27-24(40(33,37)38)8-7-13-32-27/h7-13,16,25H,6,14-15,17,30-31H2,1-5H3,(H,35,36). The molecule has 1 aliphatic rings. The molecule has 0 amide bonds. The molecule has 3 aromatic rings. The third kappa shape index (κ3) is 5.24. The summed E-state index contributed by atoms with van der Waals surface area (Å²) in [6, 6.07) is 12.5. The SMILES string of the molecule is CCN(N)c1ccc(C(c2ccc(C)c(CN3CCOc4ncccc4S3(=O)=O)c2)C(C)(C)C(=O)O)c(C)c1N. The van der Waals surface area contributed by atoms with Gasteiger partial charge in [0.15, 0.2) is 0 Å². The van der Waals surface area contributed by atoms with Crippen LogP contribution in [0.2, 0.25) is 0 Å². The van der Waals surface area contributed by atoms with Crippen molar-refractivity contribution in [3.8, 4) is 5.88 Å². The first-order chi connectivity index (χ1) is 18.8. The minimum absolute atomic E-state index is 0.0263. The van der Waals surface area contributed by atoms with Crippen molar-refractivity contribution in [2.75, 3.05) is 30.4 Å². The van der Waals surface area contributed by atoms with Crippen molar-refractivity contribution < 1.29 is 23.1 Å². The van der Waals surface area contributed by atoms with Crippen molar-refractivity contribution in [3.05, 3.63) is 76.5 Å². The minimum atomic E-state index is -3.87. The summed E-state index contributed by atoms with van der Waals surface area (Å²) in [6.07, 6.45) is 1.50. The predicted molar refractivity (Wildman–Crippen MR) is 155 cm³/mol. The Balaban J connectivity index is 1.81. The number of carbonyl (C=O) groups is 1. The molecule has 2 aromatic carbocycles. The van der Waals surface area contributed by atoms with Gasteiger partial charge in [-0.2, -0.15) is 4.31 Å². The fraction of sp³-hybridized carbons (Fsp3) is 0.379. The molecule has 4 rings (SSSR count). The van der Waals surface area contributed by atoms with E-state index in [4.69, 9.17) is 16.3 Å². The number of nitrogens with zero attached hydrogens (tertiary/aromatic N) is 3. The lowest BCUT2D eigenvalue weighted by molar-refractivity contribution is -0.147. The van der Waals surface area contributed by atoms with Crippen molar-refractivity contribution in [2.24, 2.45) is 11.3 Å². The predicted octanol–water partition coefficient (Wildman–Crippen LogP) is 3.81. The number of aliphatic carboxylic acids is 1. The van der Waals surface area contributed by atoms with Crippen LogP contribution >= 0.6 is 0 Å². The second kappa shape index (κ2) is 11.1. The van der Waals surface area contributed by atoms with Gasteiger partial charge >= 0.3 is 5.97 Å². The number of rotatable bonds is 8. The number of pyridine rings is 1.